The third kappa shape index (κ3) is 3.52. The number of hydrogen-bond donors (Lipinski definition) is 0. The van der Waals surface area contributed by atoms with Crippen LogP contribution in [0.5, 0.6) is 0 Å². The van der Waals surface area contributed by atoms with Crippen LogP contribution in [0.2, 0.25) is 0 Å². The van der Waals surface area contributed by atoms with Crippen molar-refractivity contribution in [2.75, 3.05) is 0 Å². The zero-order valence-corrected chi connectivity index (χ0v) is 23.5. The molecule has 0 amide bonds. The van der Waals surface area contributed by atoms with Gasteiger partial charge in [0, 0.05) is 16.5 Å². The van der Waals surface area contributed by atoms with Crippen LogP contribution in [0.3, 0.4) is 0 Å². The van der Waals surface area contributed by atoms with Gasteiger partial charge in [0.25, 0.3) is 0 Å². The van der Waals surface area contributed by atoms with Gasteiger partial charge in [-0.15, -0.1) is 0 Å². The van der Waals surface area contributed by atoms with Gasteiger partial charge in [-0.25, -0.2) is 0 Å². The minimum absolute atomic E-state index is 1.17. The molecule has 200 valence electrons. The van der Waals surface area contributed by atoms with Crippen molar-refractivity contribution in [3.63, 3.8) is 0 Å². The minimum atomic E-state index is 1.17. The zero-order valence-electron chi connectivity index (χ0n) is 23.5. The Bertz CT molecular complexity index is 2440. The molecule has 1 aromatic heterocycles. The van der Waals surface area contributed by atoms with Crippen LogP contribution in [0.4, 0.5) is 0 Å². The van der Waals surface area contributed by atoms with Crippen LogP contribution < -0.4 is 0 Å². The van der Waals surface area contributed by atoms with Crippen molar-refractivity contribution in [1.29, 1.82) is 0 Å². The van der Waals surface area contributed by atoms with Gasteiger partial charge in [0.2, 0.25) is 0 Å². The van der Waals surface area contributed by atoms with E-state index >= 15 is 0 Å². The highest BCUT2D eigenvalue weighted by molar-refractivity contribution is 6.27. The molecule has 43 heavy (non-hydrogen) atoms. The molecule has 0 aliphatic carbocycles. The maximum Gasteiger partial charge on any atom is 0.0547 e. The summed E-state index contributed by atoms with van der Waals surface area (Å²) in [5, 5.41) is 10.2. The van der Waals surface area contributed by atoms with Crippen LogP contribution >= 0.6 is 0 Å². The summed E-state index contributed by atoms with van der Waals surface area (Å²) in [5.74, 6) is 0. The Morgan fingerprint density at radius 1 is 0.302 bits per heavy atom. The first-order valence-electron chi connectivity index (χ1n) is 14.9. The Hall–Kier alpha value is -5.66. The normalized spacial score (nSPS) is 11.7. The summed E-state index contributed by atoms with van der Waals surface area (Å²) in [6.45, 7) is 0. The fourth-order valence-electron chi connectivity index (χ4n) is 7.24. The van der Waals surface area contributed by atoms with Crippen LogP contribution in [0.15, 0.2) is 164 Å². The lowest BCUT2D eigenvalue weighted by atomic mass is 9.84. The maximum absolute atomic E-state index is 2.41. The lowest BCUT2D eigenvalue weighted by Crippen LogP contribution is -1.94. The van der Waals surface area contributed by atoms with Crippen LogP contribution in [-0.4, -0.2) is 4.57 Å². The molecule has 0 unspecified atom stereocenters. The molecule has 1 nitrogen and oxygen atoms in total. The van der Waals surface area contributed by atoms with Crippen LogP contribution in [-0.2, 0) is 0 Å². The first kappa shape index (κ1) is 24.0. The third-order valence-corrected chi connectivity index (χ3v) is 8.97. The number of rotatable bonds is 3. The molecule has 0 radical (unpaired) electrons. The van der Waals surface area contributed by atoms with Crippen molar-refractivity contribution in [3.8, 4) is 27.9 Å². The van der Waals surface area contributed by atoms with Crippen LogP contribution in [0.1, 0.15) is 0 Å². The van der Waals surface area contributed by atoms with E-state index < -0.39 is 0 Å². The molecule has 0 saturated carbocycles. The predicted octanol–water partition coefficient (Wildman–Crippen LogP) is 11.6. The Balaban J connectivity index is 1.46. The van der Waals surface area contributed by atoms with Crippen molar-refractivity contribution >= 4 is 54.1 Å². The first-order valence-corrected chi connectivity index (χ1v) is 14.9. The molecule has 1 heterocycles. The van der Waals surface area contributed by atoms with E-state index in [2.05, 4.69) is 168 Å². The molecule has 0 spiro atoms. The van der Waals surface area contributed by atoms with Crippen LogP contribution in [0, 0.1) is 0 Å². The number of para-hydroxylation sites is 2. The quantitative estimate of drug-likeness (QED) is 0.195. The SMILES string of the molecule is c1ccc(-n2c3ccccc3c3c(-c4c5ccccc5c(-c5cccc6ccccc56)c5ccccc45)cccc32)cc1. The summed E-state index contributed by atoms with van der Waals surface area (Å²) in [4.78, 5) is 0. The summed E-state index contributed by atoms with van der Waals surface area (Å²) in [6, 6.07) is 59.7. The van der Waals surface area contributed by atoms with E-state index in [-0.39, 0.29) is 0 Å². The molecule has 0 aliphatic rings. The summed E-state index contributed by atoms with van der Waals surface area (Å²) in [7, 11) is 0. The summed E-state index contributed by atoms with van der Waals surface area (Å²) in [6.07, 6.45) is 0. The maximum atomic E-state index is 2.41. The second-order valence-corrected chi connectivity index (χ2v) is 11.3. The third-order valence-electron chi connectivity index (χ3n) is 8.97. The number of benzene rings is 8. The Morgan fingerprint density at radius 2 is 0.767 bits per heavy atom. The van der Waals surface area contributed by atoms with Gasteiger partial charge in [-0.05, 0) is 78.8 Å². The number of nitrogens with zero attached hydrogens (tertiary/aromatic N) is 1. The fourth-order valence-corrected chi connectivity index (χ4v) is 7.24. The molecule has 0 fully saturated rings. The smallest absolute Gasteiger partial charge is 0.0547 e. The van der Waals surface area contributed by atoms with Gasteiger partial charge < -0.3 is 4.57 Å². The summed E-state index contributed by atoms with van der Waals surface area (Å²) >= 11 is 0. The monoisotopic (exact) mass is 545 g/mol. The predicted molar refractivity (Wildman–Crippen MR) is 184 cm³/mol. The lowest BCUT2D eigenvalue weighted by Gasteiger charge is -2.19. The van der Waals surface area contributed by atoms with E-state index in [0.717, 1.165) is 0 Å². The average Bonchev–Trinajstić information content (AvgIpc) is 3.42. The van der Waals surface area contributed by atoms with Crippen molar-refractivity contribution in [2.24, 2.45) is 0 Å². The van der Waals surface area contributed by atoms with Gasteiger partial charge in [-0.3, -0.25) is 0 Å². The minimum Gasteiger partial charge on any atom is -0.309 e. The van der Waals surface area contributed by atoms with Gasteiger partial charge in [-0.1, -0.05) is 140 Å². The molecule has 0 saturated heterocycles. The van der Waals surface area contributed by atoms with Gasteiger partial charge in [0.05, 0.1) is 11.0 Å². The van der Waals surface area contributed by atoms with E-state index in [4.69, 9.17) is 0 Å². The molecule has 9 aromatic rings. The molecule has 0 N–H and O–H groups in total. The standard InChI is InChI=1S/C42H27N/c1-2-16-29(17-3-1)43-38-26-11-10-23-36(38)42-37(25-13-27-39(42)43)41-34-21-8-6-19-32(34)40(33-20-7-9-22-35(33)41)31-24-12-15-28-14-4-5-18-30(28)31/h1-27H. The number of aromatic nitrogens is 1. The molecule has 1 heteroatoms. The van der Waals surface area contributed by atoms with E-state index in [0.29, 0.717) is 0 Å². The molecule has 9 rings (SSSR count). The molecule has 0 atom stereocenters. The van der Waals surface area contributed by atoms with Gasteiger partial charge in [0.15, 0.2) is 0 Å². The average molecular weight is 546 g/mol. The van der Waals surface area contributed by atoms with E-state index in [1.165, 1.54) is 82.1 Å². The number of hydrogen-bond acceptors (Lipinski definition) is 0. The molecule has 0 aliphatic heterocycles. The highest BCUT2D eigenvalue weighted by atomic mass is 15.0. The van der Waals surface area contributed by atoms with Crippen molar-refractivity contribution in [1.82, 2.24) is 4.57 Å². The van der Waals surface area contributed by atoms with Crippen molar-refractivity contribution in [3.05, 3.63) is 164 Å². The Labute approximate surface area is 249 Å². The highest BCUT2D eigenvalue weighted by Gasteiger charge is 2.21. The topological polar surface area (TPSA) is 4.93 Å². The van der Waals surface area contributed by atoms with Crippen LogP contribution in [0.25, 0.3) is 82.1 Å². The fraction of sp³-hybridized carbons (Fsp3) is 0. The van der Waals surface area contributed by atoms with Gasteiger partial charge in [0.1, 0.15) is 0 Å². The molecular weight excluding hydrogens is 518 g/mol. The Kier molecular flexibility index (Phi) is 5.27. The second-order valence-electron chi connectivity index (χ2n) is 11.3. The first-order chi connectivity index (χ1) is 21.4. The van der Waals surface area contributed by atoms with Crippen molar-refractivity contribution < 1.29 is 0 Å². The van der Waals surface area contributed by atoms with E-state index in [1.54, 1.807) is 0 Å². The van der Waals surface area contributed by atoms with Gasteiger partial charge >= 0.3 is 0 Å². The summed E-state index contributed by atoms with van der Waals surface area (Å²) < 4.78 is 2.41. The molecular formula is C42H27N. The second kappa shape index (κ2) is 9.44. The lowest BCUT2D eigenvalue weighted by molar-refractivity contribution is 1.18. The highest BCUT2D eigenvalue weighted by Crippen LogP contribution is 2.48. The molecule has 8 aromatic carbocycles. The van der Waals surface area contributed by atoms with Gasteiger partial charge in [-0.2, -0.15) is 0 Å². The zero-order chi connectivity index (χ0) is 28.3. The van der Waals surface area contributed by atoms with E-state index in [9.17, 15) is 0 Å². The van der Waals surface area contributed by atoms with Crippen molar-refractivity contribution in [2.45, 2.75) is 0 Å². The Morgan fingerprint density at radius 3 is 1.47 bits per heavy atom. The van der Waals surface area contributed by atoms with E-state index in [1.807, 2.05) is 0 Å². The largest absolute Gasteiger partial charge is 0.309 e. The molecule has 0 bridgehead atoms. The number of fused-ring (bicyclic) bond motifs is 6. The summed E-state index contributed by atoms with van der Waals surface area (Å²) in [5.41, 5.74) is 8.73.